The molecule has 0 spiro atoms. The first-order valence-corrected chi connectivity index (χ1v) is 9.51. The van der Waals surface area contributed by atoms with Crippen LogP contribution in [0, 0.1) is 19.8 Å². The SMILES string of the molecule is Cc1ccc2c(C[NH+]3CCC[C@H]4CCCC[C@@H]43)cc(=O)oc2c1C. The zero-order valence-corrected chi connectivity index (χ0v) is 14.9. The number of aryl methyl sites for hydroxylation is 2. The van der Waals surface area contributed by atoms with E-state index in [0.29, 0.717) is 0 Å². The van der Waals surface area contributed by atoms with Gasteiger partial charge in [-0.25, -0.2) is 4.79 Å². The predicted molar refractivity (Wildman–Crippen MR) is 96.5 cm³/mol. The van der Waals surface area contributed by atoms with E-state index >= 15 is 0 Å². The first-order chi connectivity index (χ1) is 11.6. The van der Waals surface area contributed by atoms with Crippen LogP contribution in [0.15, 0.2) is 27.4 Å². The highest BCUT2D eigenvalue weighted by Gasteiger charge is 2.36. The number of rotatable bonds is 2. The summed E-state index contributed by atoms with van der Waals surface area (Å²) in [6.45, 7) is 6.33. The summed E-state index contributed by atoms with van der Waals surface area (Å²) >= 11 is 0. The lowest BCUT2D eigenvalue weighted by molar-refractivity contribution is -0.949. The minimum atomic E-state index is -0.206. The van der Waals surface area contributed by atoms with Gasteiger partial charge < -0.3 is 9.32 Å². The van der Waals surface area contributed by atoms with Crippen molar-refractivity contribution in [2.24, 2.45) is 5.92 Å². The average Bonchev–Trinajstić information content (AvgIpc) is 2.59. The Balaban J connectivity index is 1.71. The van der Waals surface area contributed by atoms with Crippen LogP contribution < -0.4 is 10.5 Å². The van der Waals surface area contributed by atoms with E-state index < -0.39 is 0 Å². The standard InChI is InChI=1S/C21H27NO2/c1-14-9-10-18-17(12-20(23)24-21(18)15(14)2)13-22-11-5-7-16-6-3-4-8-19(16)22/h9-10,12,16,19H,3-8,11,13H2,1-2H3/p+1/t16-,19+/m1/s1. The second-order valence-electron chi connectivity index (χ2n) is 7.85. The number of piperidine rings is 1. The van der Waals surface area contributed by atoms with Crippen LogP contribution in [-0.4, -0.2) is 12.6 Å². The van der Waals surface area contributed by atoms with E-state index in [9.17, 15) is 4.79 Å². The number of hydrogen-bond acceptors (Lipinski definition) is 2. The van der Waals surface area contributed by atoms with Crippen molar-refractivity contribution in [2.45, 2.75) is 65.0 Å². The minimum Gasteiger partial charge on any atom is -0.422 e. The van der Waals surface area contributed by atoms with E-state index in [-0.39, 0.29) is 5.63 Å². The van der Waals surface area contributed by atoms with Gasteiger partial charge in [0.25, 0.3) is 0 Å². The summed E-state index contributed by atoms with van der Waals surface area (Å²) in [6, 6.07) is 6.81. The number of fused-ring (bicyclic) bond motifs is 2. The molecule has 2 aliphatic rings. The summed E-state index contributed by atoms with van der Waals surface area (Å²) in [5, 5.41) is 1.13. The third-order valence-electron chi connectivity index (χ3n) is 6.44. The first-order valence-electron chi connectivity index (χ1n) is 9.51. The van der Waals surface area contributed by atoms with Crippen LogP contribution in [0.5, 0.6) is 0 Å². The van der Waals surface area contributed by atoms with Gasteiger partial charge in [0, 0.05) is 22.9 Å². The van der Waals surface area contributed by atoms with Gasteiger partial charge in [0.2, 0.25) is 0 Å². The molecule has 24 heavy (non-hydrogen) atoms. The maximum absolute atomic E-state index is 12.1. The largest absolute Gasteiger partial charge is 0.422 e. The maximum atomic E-state index is 12.1. The van der Waals surface area contributed by atoms with Crippen LogP contribution in [-0.2, 0) is 6.54 Å². The van der Waals surface area contributed by atoms with Gasteiger partial charge in [-0.15, -0.1) is 0 Å². The highest BCUT2D eigenvalue weighted by atomic mass is 16.4. The Hall–Kier alpha value is -1.61. The Morgan fingerprint density at radius 3 is 2.79 bits per heavy atom. The van der Waals surface area contributed by atoms with E-state index in [4.69, 9.17) is 4.42 Å². The van der Waals surface area contributed by atoms with Crippen LogP contribution in [0.1, 0.15) is 55.2 Å². The van der Waals surface area contributed by atoms with Crippen molar-refractivity contribution in [3.8, 4) is 0 Å². The van der Waals surface area contributed by atoms with Gasteiger partial charge in [0.1, 0.15) is 12.1 Å². The molecule has 3 nitrogen and oxygen atoms in total. The Morgan fingerprint density at radius 1 is 1.12 bits per heavy atom. The van der Waals surface area contributed by atoms with Crippen LogP contribution in [0.2, 0.25) is 0 Å². The third-order valence-corrected chi connectivity index (χ3v) is 6.44. The number of nitrogens with one attached hydrogen (secondary N) is 1. The molecule has 0 amide bonds. The molecule has 3 atom stereocenters. The van der Waals surface area contributed by atoms with E-state index in [0.717, 1.165) is 35.0 Å². The van der Waals surface area contributed by atoms with Crippen molar-refractivity contribution in [1.29, 1.82) is 0 Å². The molecule has 1 saturated carbocycles. The molecule has 0 radical (unpaired) electrons. The topological polar surface area (TPSA) is 34.7 Å². The predicted octanol–water partition coefficient (Wildman–Crippen LogP) is 3.15. The number of hydrogen-bond donors (Lipinski definition) is 1. The second-order valence-corrected chi connectivity index (χ2v) is 7.85. The number of benzene rings is 1. The molecule has 1 N–H and O–H groups in total. The van der Waals surface area contributed by atoms with Gasteiger partial charge in [-0.05, 0) is 57.1 Å². The van der Waals surface area contributed by atoms with E-state index in [1.54, 1.807) is 11.0 Å². The van der Waals surface area contributed by atoms with Crippen molar-refractivity contribution in [1.82, 2.24) is 0 Å². The lowest BCUT2D eigenvalue weighted by atomic mass is 9.78. The Morgan fingerprint density at radius 2 is 1.92 bits per heavy atom. The van der Waals surface area contributed by atoms with Crippen molar-refractivity contribution < 1.29 is 9.32 Å². The second kappa shape index (κ2) is 6.36. The number of likely N-dealkylation sites (tertiary alicyclic amines) is 1. The Labute approximate surface area is 143 Å². The molecule has 3 heteroatoms. The minimum absolute atomic E-state index is 0.206. The maximum Gasteiger partial charge on any atom is 0.336 e. The summed E-state index contributed by atoms with van der Waals surface area (Å²) in [4.78, 5) is 13.8. The molecule has 4 rings (SSSR count). The van der Waals surface area contributed by atoms with Gasteiger partial charge in [0.05, 0.1) is 12.6 Å². The lowest BCUT2D eigenvalue weighted by Gasteiger charge is -2.41. The summed E-state index contributed by atoms with van der Waals surface area (Å²) in [5.74, 6) is 0.901. The molecular formula is C21H28NO2+. The van der Waals surface area contributed by atoms with Gasteiger partial charge in [0.15, 0.2) is 0 Å². The first kappa shape index (κ1) is 15.9. The highest BCUT2D eigenvalue weighted by molar-refractivity contribution is 5.83. The summed E-state index contributed by atoms with van der Waals surface area (Å²) in [5.41, 5.74) is 4.03. The fourth-order valence-electron chi connectivity index (χ4n) is 5.00. The van der Waals surface area contributed by atoms with Crippen molar-refractivity contribution in [2.75, 3.05) is 6.54 Å². The molecule has 128 valence electrons. The smallest absolute Gasteiger partial charge is 0.336 e. The van der Waals surface area contributed by atoms with Crippen LogP contribution in [0.4, 0.5) is 0 Å². The van der Waals surface area contributed by atoms with Crippen LogP contribution in [0.25, 0.3) is 11.0 Å². The van der Waals surface area contributed by atoms with Crippen LogP contribution in [0.3, 0.4) is 0 Å². The zero-order chi connectivity index (χ0) is 16.7. The van der Waals surface area contributed by atoms with Crippen LogP contribution >= 0.6 is 0 Å². The molecular weight excluding hydrogens is 298 g/mol. The number of quaternary nitrogens is 1. The summed E-state index contributed by atoms with van der Waals surface area (Å²) in [6.07, 6.45) is 8.28. The average molecular weight is 326 g/mol. The molecule has 1 saturated heterocycles. The van der Waals surface area contributed by atoms with Crippen molar-refractivity contribution in [3.63, 3.8) is 0 Å². The fraction of sp³-hybridized carbons (Fsp3) is 0.571. The quantitative estimate of drug-likeness (QED) is 0.861. The summed E-state index contributed by atoms with van der Waals surface area (Å²) in [7, 11) is 0. The van der Waals surface area contributed by atoms with E-state index in [1.807, 2.05) is 0 Å². The van der Waals surface area contributed by atoms with Gasteiger partial charge in [-0.1, -0.05) is 18.6 Å². The molecule has 2 fully saturated rings. The van der Waals surface area contributed by atoms with E-state index in [1.165, 1.54) is 56.2 Å². The molecule has 0 bridgehead atoms. The Bertz CT molecular complexity index is 805. The zero-order valence-electron chi connectivity index (χ0n) is 14.9. The molecule has 1 unspecified atom stereocenters. The summed E-state index contributed by atoms with van der Waals surface area (Å²) < 4.78 is 5.54. The van der Waals surface area contributed by atoms with Crippen molar-refractivity contribution in [3.05, 3.63) is 45.3 Å². The van der Waals surface area contributed by atoms with Gasteiger partial charge in [-0.2, -0.15) is 0 Å². The lowest BCUT2D eigenvalue weighted by Crippen LogP contribution is -3.16. The van der Waals surface area contributed by atoms with Gasteiger partial charge >= 0.3 is 5.63 Å². The molecule has 1 aliphatic heterocycles. The molecule has 1 aliphatic carbocycles. The molecule has 2 heterocycles. The third kappa shape index (κ3) is 2.79. The Kier molecular flexibility index (Phi) is 4.21. The highest BCUT2D eigenvalue weighted by Crippen LogP contribution is 2.29. The van der Waals surface area contributed by atoms with E-state index in [2.05, 4.69) is 26.0 Å². The fourth-order valence-corrected chi connectivity index (χ4v) is 5.00. The van der Waals surface area contributed by atoms with Crippen molar-refractivity contribution >= 4 is 11.0 Å². The van der Waals surface area contributed by atoms with Gasteiger partial charge in [-0.3, -0.25) is 0 Å². The molecule has 1 aromatic carbocycles. The monoisotopic (exact) mass is 326 g/mol. The molecule has 2 aromatic rings. The normalized spacial score (nSPS) is 27.2. The molecule has 1 aromatic heterocycles.